The molecule has 1 heteroatoms. The lowest BCUT2D eigenvalue weighted by molar-refractivity contribution is 0.112. The predicted octanol–water partition coefficient (Wildman–Crippen LogP) is 2.62. The van der Waals surface area contributed by atoms with E-state index < -0.39 is 0 Å². The van der Waals surface area contributed by atoms with Crippen LogP contribution >= 0.6 is 0 Å². The summed E-state index contributed by atoms with van der Waals surface area (Å²) in [6.45, 7) is 4.17. The Bertz CT molecular complexity index is 251. The third-order valence-electron chi connectivity index (χ3n) is 1.74. The highest BCUT2D eigenvalue weighted by atomic mass is 16.1. The summed E-state index contributed by atoms with van der Waals surface area (Å²) in [4.78, 5) is 10.5. The Kier molecular flexibility index (Phi) is 2.42. The minimum absolute atomic E-state index is 0.427. The molecule has 1 rings (SSSR count). The monoisotopic (exact) mass is 148 g/mol. The number of rotatable bonds is 2. The molecule has 58 valence electrons. The van der Waals surface area contributed by atoms with Crippen molar-refractivity contribution in [1.82, 2.24) is 0 Å². The molecule has 0 bridgehead atoms. The first kappa shape index (κ1) is 7.99. The molecule has 1 nitrogen and oxygen atoms in total. The van der Waals surface area contributed by atoms with E-state index in [-0.39, 0.29) is 0 Å². The Morgan fingerprint density at radius 1 is 1.27 bits per heavy atom. The van der Waals surface area contributed by atoms with Crippen molar-refractivity contribution in [3.8, 4) is 0 Å². The molecule has 11 heavy (non-hydrogen) atoms. The van der Waals surface area contributed by atoms with Gasteiger partial charge in [0.05, 0.1) is 0 Å². The molecule has 0 amide bonds. The smallest absolute Gasteiger partial charge is 0.150 e. The zero-order valence-corrected chi connectivity index (χ0v) is 6.87. The van der Waals surface area contributed by atoms with E-state index >= 15 is 0 Å². The Balaban J connectivity index is 3.12. The Labute approximate surface area is 67.1 Å². The molecule has 0 aromatic heterocycles. The van der Waals surface area contributed by atoms with Gasteiger partial charge in [0, 0.05) is 5.56 Å². The molecule has 0 heterocycles. The quantitative estimate of drug-likeness (QED) is 0.589. The maximum absolute atomic E-state index is 10.5. The van der Waals surface area contributed by atoms with Gasteiger partial charge in [-0.2, -0.15) is 0 Å². The van der Waals surface area contributed by atoms with Gasteiger partial charge in [0.2, 0.25) is 0 Å². The summed E-state index contributed by atoms with van der Waals surface area (Å²) >= 11 is 0. The lowest BCUT2D eigenvalue weighted by Crippen LogP contribution is -1.93. The Hall–Kier alpha value is -1.11. The molecule has 0 aliphatic carbocycles. The first-order valence-corrected chi connectivity index (χ1v) is 3.80. The van der Waals surface area contributed by atoms with Crippen molar-refractivity contribution in [2.45, 2.75) is 19.8 Å². The topological polar surface area (TPSA) is 17.1 Å². The van der Waals surface area contributed by atoms with Gasteiger partial charge in [0.15, 0.2) is 0 Å². The van der Waals surface area contributed by atoms with Crippen molar-refractivity contribution in [2.75, 3.05) is 0 Å². The van der Waals surface area contributed by atoms with Crippen molar-refractivity contribution >= 4 is 6.29 Å². The molecule has 0 atom stereocenters. The molecule has 0 aliphatic rings. The second-order valence-corrected chi connectivity index (χ2v) is 2.90. The number of benzene rings is 1. The first-order chi connectivity index (χ1) is 5.25. The highest BCUT2D eigenvalue weighted by Crippen LogP contribution is 2.16. The van der Waals surface area contributed by atoms with E-state index in [1.54, 1.807) is 0 Å². The van der Waals surface area contributed by atoms with Gasteiger partial charge in [-0.25, -0.2) is 0 Å². The molecule has 0 saturated carbocycles. The van der Waals surface area contributed by atoms with Crippen LogP contribution in [0.2, 0.25) is 0 Å². The summed E-state index contributed by atoms with van der Waals surface area (Å²) in [5, 5.41) is 0. The van der Waals surface area contributed by atoms with Crippen molar-refractivity contribution < 1.29 is 4.79 Å². The molecule has 0 unspecified atom stereocenters. The van der Waals surface area contributed by atoms with E-state index in [2.05, 4.69) is 13.8 Å². The van der Waals surface area contributed by atoms with Crippen molar-refractivity contribution in [2.24, 2.45) is 0 Å². The van der Waals surface area contributed by atoms with Crippen LogP contribution in [0.4, 0.5) is 0 Å². The van der Waals surface area contributed by atoms with E-state index in [1.807, 2.05) is 24.3 Å². The van der Waals surface area contributed by atoms with Crippen LogP contribution in [-0.2, 0) is 0 Å². The summed E-state index contributed by atoms with van der Waals surface area (Å²) in [6.07, 6.45) is 0.912. The number of carbonyl (C=O) groups excluding carboxylic acids is 1. The highest BCUT2D eigenvalue weighted by Gasteiger charge is 2.02. The summed E-state index contributed by atoms with van der Waals surface area (Å²) < 4.78 is 0. The van der Waals surface area contributed by atoms with Crippen LogP contribution in [0.15, 0.2) is 24.3 Å². The SMILES string of the molecule is CC(C)c1ccccc1C=O. The fourth-order valence-electron chi connectivity index (χ4n) is 1.14. The third kappa shape index (κ3) is 1.67. The van der Waals surface area contributed by atoms with Gasteiger partial charge >= 0.3 is 0 Å². The molecule has 1 aromatic carbocycles. The summed E-state index contributed by atoms with van der Waals surface area (Å²) in [7, 11) is 0. The minimum Gasteiger partial charge on any atom is -0.298 e. The van der Waals surface area contributed by atoms with Gasteiger partial charge in [-0.1, -0.05) is 38.1 Å². The van der Waals surface area contributed by atoms with Crippen LogP contribution in [0.3, 0.4) is 0 Å². The van der Waals surface area contributed by atoms with E-state index in [0.29, 0.717) is 5.92 Å². The lowest BCUT2D eigenvalue weighted by Gasteiger charge is -2.06. The minimum atomic E-state index is 0.427. The molecule has 0 aliphatic heterocycles. The largest absolute Gasteiger partial charge is 0.298 e. The van der Waals surface area contributed by atoms with E-state index in [1.165, 1.54) is 0 Å². The summed E-state index contributed by atoms with van der Waals surface area (Å²) in [5.41, 5.74) is 1.94. The van der Waals surface area contributed by atoms with Crippen LogP contribution in [0.25, 0.3) is 0 Å². The van der Waals surface area contributed by atoms with Crippen molar-refractivity contribution in [3.05, 3.63) is 35.4 Å². The molecule has 0 N–H and O–H groups in total. The van der Waals surface area contributed by atoms with Gasteiger partial charge in [-0.05, 0) is 11.5 Å². The average molecular weight is 148 g/mol. The fourth-order valence-corrected chi connectivity index (χ4v) is 1.14. The molecule has 0 saturated heterocycles. The second kappa shape index (κ2) is 3.33. The molecule has 1 aromatic rings. The van der Waals surface area contributed by atoms with E-state index in [4.69, 9.17) is 0 Å². The maximum atomic E-state index is 10.5. The van der Waals surface area contributed by atoms with Gasteiger partial charge in [-0.15, -0.1) is 0 Å². The normalized spacial score (nSPS) is 10.1. The molecular formula is C10H12O. The van der Waals surface area contributed by atoms with Gasteiger partial charge < -0.3 is 0 Å². The average Bonchev–Trinajstić information content (AvgIpc) is 2.04. The van der Waals surface area contributed by atoms with Crippen LogP contribution in [0, 0.1) is 0 Å². The van der Waals surface area contributed by atoms with E-state index in [9.17, 15) is 4.79 Å². The van der Waals surface area contributed by atoms with Crippen LogP contribution in [0.5, 0.6) is 0 Å². The van der Waals surface area contributed by atoms with Gasteiger partial charge in [0.1, 0.15) is 6.29 Å². The molecule has 0 radical (unpaired) electrons. The predicted molar refractivity (Wildman–Crippen MR) is 45.9 cm³/mol. The van der Waals surface area contributed by atoms with Gasteiger partial charge in [0.25, 0.3) is 0 Å². The molecule has 0 fully saturated rings. The van der Waals surface area contributed by atoms with Crippen LogP contribution in [0.1, 0.15) is 35.7 Å². The first-order valence-electron chi connectivity index (χ1n) is 3.80. The lowest BCUT2D eigenvalue weighted by atomic mass is 9.98. The highest BCUT2D eigenvalue weighted by molar-refractivity contribution is 5.77. The Morgan fingerprint density at radius 2 is 1.91 bits per heavy atom. The van der Waals surface area contributed by atoms with Crippen molar-refractivity contribution in [1.29, 1.82) is 0 Å². The maximum Gasteiger partial charge on any atom is 0.150 e. The van der Waals surface area contributed by atoms with Crippen molar-refractivity contribution in [3.63, 3.8) is 0 Å². The summed E-state index contributed by atoms with van der Waals surface area (Å²) in [6, 6.07) is 7.69. The Morgan fingerprint density at radius 3 is 2.36 bits per heavy atom. The third-order valence-corrected chi connectivity index (χ3v) is 1.74. The fraction of sp³-hybridized carbons (Fsp3) is 0.300. The standard InChI is InChI=1S/C10H12O/c1-8(2)10-6-4-3-5-9(10)7-11/h3-8H,1-2H3. The zero-order chi connectivity index (χ0) is 8.27. The summed E-state index contributed by atoms with van der Waals surface area (Å²) in [5.74, 6) is 0.427. The number of hydrogen-bond acceptors (Lipinski definition) is 1. The van der Waals surface area contributed by atoms with Crippen LogP contribution < -0.4 is 0 Å². The number of carbonyl (C=O) groups is 1. The van der Waals surface area contributed by atoms with Crippen LogP contribution in [-0.4, -0.2) is 6.29 Å². The van der Waals surface area contributed by atoms with E-state index in [0.717, 1.165) is 17.4 Å². The zero-order valence-electron chi connectivity index (χ0n) is 6.87. The number of hydrogen-bond donors (Lipinski definition) is 0. The second-order valence-electron chi connectivity index (χ2n) is 2.90. The molecular weight excluding hydrogens is 136 g/mol. The number of aldehydes is 1. The van der Waals surface area contributed by atoms with Gasteiger partial charge in [-0.3, -0.25) is 4.79 Å². The molecule has 0 spiro atoms.